The van der Waals surface area contributed by atoms with Gasteiger partial charge in [0.15, 0.2) is 0 Å². The summed E-state index contributed by atoms with van der Waals surface area (Å²) < 4.78 is 6.16. The highest BCUT2D eigenvalue weighted by molar-refractivity contribution is 7.95. The Morgan fingerprint density at radius 3 is 1.91 bits per heavy atom. The van der Waals surface area contributed by atoms with Gasteiger partial charge in [-0.1, -0.05) is 54.6 Å². The van der Waals surface area contributed by atoms with Crippen molar-refractivity contribution in [1.29, 1.82) is 0 Å². The molecule has 2 aliphatic heterocycles. The number of rotatable bonds is 10. The third kappa shape index (κ3) is 5.29. The smallest absolute Gasteiger partial charge is 0.339 e. The first-order chi connectivity index (χ1) is 21.7. The molecule has 44 heavy (non-hydrogen) atoms. The Bertz CT molecular complexity index is 1700. The highest BCUT2D eigenvalue weighted by Gasteiger charge is 2.44. The van der Waals surface area contributed by atoms with Crippen molar-refractivity contribution in [3.05, 3.63) is 130 Å². The minimum atomic E-state index is -1.85. The molecule has 0 fully saturated rings. The summed E-state index contributed by atoms with van der Waals surface area (Å²) in [4.78, 5) is 16.0. The maximum Gasteiger partial charge on any atom is 0.339 e. The Morgan fingerprint density at radius 1 is 0.727 bits per heavy atom. The molecule has 4 aromatic carbocycles. The average molecular weight is 621 g/mol. The molecule has 3 heterocycles. The summed E-state index contributed by atoms with van der Waals surface area (Å²) in [5, 5.41) is 5.32. The molecule has 0 unspecified atom stereocenters. The number of benzene rings is 4. The molecule has 0 saturated carbocycles. The van der Waals surface area contributed by atoms with Gasteiger partial charge in [-0.15, -0.1) is 11.6 Å². The van der Waals surface area contributed by atoms with Crippen molar-refractivity contribution in [3.63, 3.8) is 0 Å². The van der Waals surface area contributed by atoms with Crippen LogP contribution in [0.2, 0.25) is 0 Å². The van der Waals surface area contributed by atoms with E-state index in [9.17, 15) is 4.79 Å². The lowest BCUT2D eigenvalue weighted by molar-refractivity contribution is 0.534. The molecule has 0 aliphatic carbocycles. The highest BCUT2D eigenvalue weighted by Crippen LogP contribution is 2.56. The molecule has 0 bridgehead atoms. The molecule has 5 aromatic rings. The van der Waals surface area contributed by atoms with Gasteiger partial charge in [0.25, 0.3) is 0 Å². The number of hydrogen-bond acceptors (Lipinski definition) is 3. The van der Waals surface area contributed by atoms with Crippen LogP contribution >= 0.6 is 18.9 Å². The molecular formula is C39H40ClNO2P+. The highest BCUT2D eigenvalue weighted by atomic mass is 35.5. The molecular weight excluding hydrogens is 581 g/mol. The molecule has 0 atom stereocenters. The van der Waals surface area contributed by atoms with E-state index in [-0.39, 0.29) is 5.63 Å². The number of hydrogen-bond donors (Lipinski definition) is 0. The van der Waals surface area contributed by atoms with Gasteiger partial charge >= 0.3 is 5.63 Å². The Morgan fingerprint density at radius 2 is 1.32 bits per heavy atom. The minimum Gasteiger partial charge on any atom is -0.422 e. The van der Waals surface area contributed by atoms with Crippen LogP contribution in [-0.4, -0.2) is 19.3 Å². The van der Waals surface area contributed by atoms with E-state index < -0.39 is 7.26 Å². The van der Waals surface area contributed by atoms with E-state index >= 15 is 0 Å². The van der Waals surface area contributed by atoms with Crippen LogP contribution in [0.3, 0.4) is 0 Å². The summed E-state index contributed by atoms with van der Waals surface area (Å²) in [6, 6.07) is 35.5. The lowest BCUT2D eigenvalue weighted by Gasteiger charge is -2.37. The summed E-state index contributed by atoms with van der Waals surface area (Å²) in [5.41, 5.74) is 6.29. The van der Waals surface area contributed by atoms with E-state index in [1.54, 1.807) is 0 Å². The number of fused-ring (bicyclic) bond motifs is 2. The first-order valence-corrected chi connectivity index (χ1v) is 18.7. The summed E-state index contributed by atoms with van der Waals surface area (Å²) in [5.74, 6) is 0.337. The predicted octanol–water partition coefficient (Wildman–Crippen LogP) is 7.94. The van der Waals surface area contributed by atoms with Crippen molar-refractivity contribution in [3.8, 4) is 0 Å². The average Bonchev–Trinajstić information content (AvgIpc) is 3.08. The van der Waals surface area contributed by atoms with Crippen LogP contribution in [0.5, 0.6) is 0 Å². The van der Waals surface area contributed by atoms with Crippen LogP contribution in [0.1, 0.15) is 54.4 Å². The van der Waals surface area contributed by atoms with E-state index in [4.69, 9.17) is 16.0 Å². The Labute approximate surface area is 266 Å². The fraction of sp³-hybridized carbons (Fsp3) is 0.308. The Hall–Kier alpha value is -3.39. The fourth-order valence-corrected chi connectivity index (χ4v) is 12.4. The lowest BCUT2D eigenvalue weighted by Crippen LogP contribution is -2.34. The minimum absolute atomic E-state index is 0.197. The van der Waals surface area contributed by atoms with Gasteiger partial charge in [0, 0.05) is 41.2 Å². The zero-order valence-corrected chi connectivity index (χ0v) is 27.0. The van der Waals surface area contributed by atoms with Gasteiger partial charge < -0.3 is 9.32 Å². The van der Waals surface area contributed by atoms with Crippen molar-refractivity contribution in [2.24, 2.45) is 0 Å². The SMILES string of the molecule is O=c1oc2c3c4c(cc2c(CCl)c1CCCCC[P+](c1ccccc1)(c1ccccc1)c1ccccc1)CCCN4CCC3. The molecule has 2 aliphatic rings. The molecule has 5 heteroatoms. The van der Waals surface area contributed by atoms with Gasteiger partial charge in [-0.3, -0.25) is 0 Å². The van der Waals surface area contributed by atoms with Crippen LogP contribution in [0.25, 0.3) is 11.0 Å². The first-order valence-electron chi connectivity index (χ1n) is 16.2. The zero-order chi connectivity index (χ0) is 29.9. The maximum absolute atomic E-state index is 13.5. The number of anilines is 1. The van der Waals surface area contributed by atoms with Crippen molar-refractivity contribution >= 4 is 51.4 Å². The first kappa shape index (κ1) is 29.3. The topological polar surface area (TPSA) is 33.5 Å². The summed E-state index contributed by atoms with van der Waals surface area (Å²) in [6.07, 6.45) is 9.17. The van der Waals surface area contributed by atoms with E-state index in [1.807, 2.05) is 0 Å². The van der Waals surface area contributed by atoms with Crippen LogP contribution in [0.15, 0.2) is 106 Å². The van der Waals surface area contributed by atoms with E-state index in [0.29, 0.717) is 12.3 Å². The molecule has 224 valence electrons. The number of alkyl halides is 1. The van der Waals surface area contributed by atoms with Crippen molar-refractivity contribution < 1.29 is 4.42 Å². The molecule has 0 spiro atoms. The second kappa shape index (κ2) is 12.9. The van der Waals surface area contributed by atoms with Gasteiger partial charge in [0.05, 0.1) is 6.16 Å². The van der Waals surface area contributed by atoms with E-state index in [0.717, 1.165) is 79.9 Å². The summed E-state index contributed by atoms with van der Waals surface area (Å²) >= 11 is 6.62. The third-order valence-electron chi connectivity index (χ3n) is 9.75. The second-order valence-electron chi connectivity index (χ2n) is 12.3. The van der Waals surface area contributed by atoms with E-state index in [1.165, 1.54) is 39.1 Å². The van der Waals surface area contributed by atoms with Crippen LogP contribution in [0.4, 0.5) is 5.69 Å². The van der Waals surface area contributed by atoms with Crippen LogP contribution in [-0.2, 0) is 25.1 Å². The van der Waals surface area contributed by atoms with Crippen LogP contribution in [0, 0.1) is 0 Å². The van der Waals surface area contributed by atoms with E-state index in [2.05, 4.69) is 102 Å². The molecule has 0 saturated heterocycles. The normalized spacial score (nSPS) is 14.5. The monoisotopic (exact) mass is 620 g/mol. The lowest BCUT2D eigenvalue weighted by atomic mass is 9.88. The van der Waals surface area contributed by atoms with Crippen molar-refractivity contribution in [2.75, 3.05) is 24.2 Å². The second-order valence-corrected chi connectivity index (χ2v) is 16.1. The summed E-state index contributed by atoms with van der Waals surface area (Å²) in [7, 11) is -1.85. The standard InChI is InChI=1S/C39H40ClNO2P/c40-28-36-33(39(42)43-38-34-23-14-25-41-24-13-15-29(37(34)41)27-35(36)38)22-11-4-12-26-44(30-16-5-1-6-17-30,31-18-7-2-8-19-31)32-20-9-3-10-21-32/h1-3,5-10,16-21,27H,4,11-15,22-26,28H2/q+1. The van der Waals surface area contributed by atoms with Gasteiger partial charge in [-0.2, -0.15) is 0 Å². The third-order valence-corrected chi connectivity index (χ3v) is 14.5. The Balaban J connectivity index is 1.16. The maximum atomic E-state index is 13.5. The fourth-order valence-electron chi connectivity index (χ4n) is 7.73. The molecule has 7 rings (SSSR count). The summed E-state index contributed by atoms with van der Waals surface area (Å²) in [6.45, 7) is 2.19. The number of nitrogens with zero attached hydrogens (tertiary/aromatic N) is 1. The molecule has 3 nitrogen and oxygen atoms in total. The molecule has 1 aromatic heterocycles. The number of unbranched alkanes of at least 4 members (excludes halogenated alkanes) is 2. The quantitative estimate of drug-likeness (QED) is 0.0688. The Kier molecular flexibility index (Phi) is 8.61. The van der Waals surface area contributed by atoms with Gasteiger partial charge in [0.2, 0.25) is 0 Å². The predicted molar refractivity (Wildman–Crippen MR) is 188 cm³/mol. The van der Waals surface area contributed by atoms with Crippen molar-refractivity contribution in [1.82, 2.24) is 0 Å². The number of halogens is 1. The van der Waals surface area contributed by atoms with Crippen molar-refractivity contribution in [2.45, 2.75) is 57.2 Å². The van der Waals surface area contributed by atoms with Gasteiger partial charge in [0.1, 0.15) is 28.8 Å². The zero-order valence-electron chi connectivity index (χ0n) is 25.3. The van der Waals surface area contributed by atoms with Gasteiger partial charge in [-0.25, -0.2) is 4.79 Å². The van der Waals surface area contributed by atoms with Crippen LogP contribution < -0.4 is 26.4 Å². The molecule has 0 N–H and O–H groups in total. The largest absolute Gasteiger partial charge is 0.422 e. The van der Waals surface area contributed by atoms with Gasteiger partial charge in [-0.05, 0) is 105 Å². The number of aryl methyl sites for hydroxylation is 2. The molecule has 0 amide bonds. The molecule has 0 radical (unpaired) electrons.